The van der Waals surface area contributed by atoms with E-state index in [0.717, 1.165) is 0 Å². The van der Waals surface area contributed by atoms with E-state index in [1.54, 1.807) is 12.1 Å². The van der Waals surface area contributed by atoms with Gasteiger partial charge in [0.2, 0.25) is 5.91 Å². The van der Waals surface area contributed by atoms with Crippen LogP contribution in [-0.4, -0.2) is 32.3 Å². The van der Waals surface area contributed by atoms with Crippen LogP contribution in [0.1, 0.15) is 0 Å². The lowest BCUT2D eigenvalue weighted by molar-refractivity contribution is -0.114. The maximum Gasteiger partial charge on any atom is 0.387 e. The predicted molar refractivity (Wildman–Crippen MR) is 92.6 cm³/mol. The largest absolute Gasteiger partial charge is 0.486 e. The van der Waals surface area contributed by atoms with E-state index in [0.29, 0.717) is 41.1 Å². The summed E-state index contributed by atoms with van der Waals surface area (Å²) in [5, 5.41) is 5.88. The average Bonchev–Trinajstić information content (AvgIpc) is 2.61. The fourth-order valence-electron chi connectivity index (χ4n) is 2.29. The summed E-state index contributed by atoms with van der Waals surface area (Å²) in [5.41, 5.74) is 0.985. The predicted octanol–water partition coefficient (Wildman–Crippen LogP) is 3.76. The molecule has 138 valence electrons. The first-order valence-electron chi connectivity index (χ1n) is 7.69. The molecule has 2 N–H and O–H groups in total. The maximum atomic E-state index is 12.1. The highest BCUT2D eigenvalue weighted by molar-refractivity contribution is 6.34. The quantitative estimate of drug-likeness (QED) is 0.793. The van der Waals surface area contributed by atoms with Crippen LogP contribution in [0, 0.1) is 0 Å². The normalized spacial score (nSPS) is 12.6. The minimum atomic E-state index is -2.88. The van der Waals surface area contributed by atoms with Crippen molar-refractivity contribution in [2.45, 2.75) is 6.61 Å². The summed E-state index contributed by atoms with van der Waals surface area (Å²) < 4.78 is 39.3. The molecule has 0 unspecified atom stereocenters. The summed E-state index contributed by atoms with van der Waals surface area (Å²) in [6, 6.07) is 9.00. The zero-order valence-electron chi connectivity index (χ0n) is 13.4. The number of amides is 1. The Morgan fingerprint density at radius 1 is 1.15 bits per heavy atom. The zero-order chi connectivity index (χ0) is 18.5. The second-order valence-electron chi connectivity index (χ2n) is 5.28. The third-order valence-corrected chi connectivity index (χ3v) is 3.75. The fraction of sp³-hybridized carbons (Fsp3) is 0.235. The first-order valence-corrected chi connectivity index (χ1v) is 8.07. The number of anilines is 2. The molecule has 3 rings (SSSR count). The number of hydrogen-bond acceptors (Lipinski definition) is 5. The average molecular weight is 385 g/mol. The van der Waals surface area contributed by atoms with Gasteiger partial charge in [-0.1, -0.05) is 11.6 Å². The molecule has 0 radical (unpaired) electrons. The molecule has 2 aromatic rings. The molecule has 0 saturated carbocycles. The van der Waals surface area contributed by atoms with Crippen LogP contribution in [0.5, 0.6) is 17.2 Å². The second-order valence-corrected chi connectivity index (χ2v) is 5.69. The number of alkyl halides is 2. The van der Waals surface area contributed by atoms with Gasteiger partial charge in [0.05, 0.1) is 17.3 Å². The summed E-state index contributed by atoms with van der Waals surface area (Å²) in [5.74, 6) is 0.747. The highest BCUT2D eigenvalue weighted by Gasteiger charge is 2.16. The van der Waals surface area contributed by atoms with E-state index in [4.69, 9.17) is 21.1 Å². The van der Waals surface area contributed by atoms with Gasteiger partial charge in [0, 0.05) is 17.8 Å². The zero-order valence-corrected chi connectivity index (χ0v) is 14.2. The Morgan fingerprint density at radius 2 is 1.81 bits per heavy atom. The molecule has 0 aliphatic carbocycles. The van der Waals surface area contributed by atoms with E-state index < -0.39 is 6.61 Å². The van der Waals surface area contributed by atoms with Gasteiger partial charge in [0.25, 0.3) is 0 Å². The van der Waals surface area contributed by atoms with Crippen molar-refractivity contribution in [2.24, 2.45) is 0 Å². The van der Waals surface area contributed by atoms with Crippen LogP contribution < -0.4 is 24.8 Å². The second kappa shape index (κ2) is 8.09. The van der Waals surface area contributed by atoms with Gasteiger partial charge in [0.1, 0.15) is 19.0 Å². The van der Waals surface area contributed by atoms with Crippen molar-refractivity contribution in [3.8, 4) is 17.2 Å². The number of benzene rings is 2. The molecule has 1 aliphatic heterocycles. The van der Waals surface area contributed by atoms with Crippen molar-refractivity contribution in [3.63, 3.8) is 0 Å². The van der Waals surface area contributed by atoms with E-state index in [1.165, 1.54) is 24.3 Å². The monoisotopic (exact) mass is 384 g/mol. The summed E-state index contributed by atoms with van der Waals surface area (Å²) in [6.07, 6.45) is 0. The van der Waals surface area contributed by atoms with Crippen LogP contribution in [0.15, 0.2) is 36.4 Å². The van der Waals surface area contributed by atoms with Gasteiger partial charge >= 0.3 is 6.61 Å². The minimum absolute atomic E-state index is 0.0399. The maximum absolute atomic E-state index is 12.1. The number of hydrogen-bond donors (Lipinski definition) is 2. The number of nitrogens with one attached hydrogen (secondary N) is 2. The van der Waals surface area contributed by atoms with Crippen molar-refractivity contribution in [1.82, 2.24) is 0 Å². The number of carbonyl (C=O) groups excluding carboxylic acids is 1. The third kappa shape index (κ3) is 4.66. The number of halogens is 3. The molecular formula is C17H15ClF2N2O4. The van der Waals surface area contributed by atoms with E-state index in [1.807, 2.05) is 0 Å². The van der Waals surface area contributed by atoms with Crippen molar-refractivity contribution in [1.29, 1.82) is 0 Å². The van der Waals surface area contributed by atoms with Crippen LogP contribution in [0.2, 0.25) is 5.02 Å². The molecule has 1 heterocycles. The summed E-state index contributed by atoms with van der Waals surface area (Å²) in [7, 11) is 0. The van der Waals surface area contributed by atoms with E-state index in [-0.39, 0.29) is 18.2 Å². The molecule has 0 fully saturated rings. The third-order valence-electron chi connectivity index (χ3n) is 3.44. The van der Waals surface area contributed by atoms with Crippen molar-refractivity contribution >= 4 is 28.9 Å². The molecule has 6 nitrogen and oxygen atoms in total. The summed E-state index contributed by atoms with van der Waals surface area (Å²) in [4.78, 5) is 12.1. The lowest BCUT2D eigenvalue weighted by Gasteiger charge is -2.20. The Morgan fingerprint density at radius 3 is 2.46 bits per heavy atom. The standard InChI is InChI=1S/C17H15ClF2N2O4/c18-12-7-14-15(25-6-5-24-14)8-13(12)22-16(23)9-21-10-1-3-11(4-2-10)26-17(19)20/h1-4,7-8,17,21H,5-6,9H2,(H,22,23). The number of ether oxygens (including phenoxy) is 3. The Hall–Kier alpha value is -2.74. The van der Waals surface area contributed by atoms with Crippen LogP contribution in [0.4, 0.5) is 20.2 Å². The van der Waals surface area contributed by atoms with Gasteiger partial charge in [-0.15, -0.1) is 0 Å². The van der Waals surface area contributed by atoms with Crippen LogP contribution in [0.25, 0.3) is 0 Å². The molecule has 2 aromatic carbocycles. The molecule has 1 amide bonds. The lowest BCUT2D eigenvalue weighted by atomic mass is 10.2. The Labute approximate surface area is 153 Å². The summed E-state index contributed by atoms with van der Waals surface area (Å²) in [6.45, 7) is -2.05. The van der Waals surface area contributed by atoms with Gasteiger partial charge in [-0.25, -0.2) is 0 Å². The van der Waals surface area contributed by atoms with E-state index in [2.05, 4.69) is 15.4 Å². The van der Waals surface area contributed by atoms with Crippen LogP contribution in [0.3, 0.4) is 0 Å². The SMILES string of the molecule is O=C(CNc1ccc(OC(F)F)cc1)Nc1cc2c(cc1Cl)OCCO2. The lowest BCUT2D eigenvalue weighted by Crippen LogP contribution is -2.22. The molecule has 26 heavy (non-hydrogen) atoms. The van der Waals surface area contributed by atoms with Gasteiger partial charge in [-0.3, -0.25) is 4.79 Å². The van der Waals surface area contributed by atoms with Crippen molar-refractivity contribution < 1.29 is 27.8 Å². The molecule has 0 saturated heterocycles. The number of fused-ring (bicyclic) bond motifs is 1. The molecule has 0 spiro atoms. The highest BCUT2D eigenvalue weighted by atomic mass is 35.5. The topological polar surface area (TPSA) is 68.8 Å². The van der Waals surface area contributed by atoms with Gasteiger partial charge in [-0.2, -0.15) is 8.78 Å². The highest BCUT2D eigenvalue weighted by Crippen LogP contribution is 2.37. The summed E-state index contributed by atoms with van der Waals surface area (Å²) >= 11 is 6.14. The Bertz CT molecular complexity index is 787. The van der Waals surface area contributed by atoms with Crippen molar-refractivity contribution in [2.75, 3.05) is 30.4 Å². The van der Waals surface area contributed by atoms with Crippen molar-refractivity contribution in [3.05, 3.63) is 41.4 Å². The van der Waals surface area contributed by atoms with Crippen LogP contribution in [-0.2, 0) is 4.79 Å². The Kier molecular flexibility index (Phi) is 5.62. The van der Waals surface area contributed by atoms with Crippen LogP contribution >= 0.6 is 11.6 Å². The molecule has 0 atom stereocenters. The van der Waals surface area contributed by atoms with Gasteiger partial charge in [0.15, 0.2) is 11.5 Å². The smallest absolute Gasteiger partial charge is 0.387 e. The van der Waals surface area contributed by atoms with Gasteiger partial charge in [-0.05, 0) is 24.3 Å². The number of carbonyl (C=O) groups is 1. The fourth-order valence-corrected chi connectivity index (χ4v) is 2.49. The molecular weight excluding hydrogens is 370 g/mol. The van der Waals surface area contributed by atoms with E-state index in [9.17, 15) is 13.6 Å². The first-order chi connectivity index (χ1) is 12.5. The van der Waals surface area contributed by atoms with Gasteiger partial charge < -0.3 is 24.8 Å². The molecule has 0 bridgehead atoms. The first kappa shape index (κ1) is 18.1. The minimum Gasteiger partial charge on any atom is -0.486 e. The molecule has 0 aromatic heterocycles. The number of rotatable bonds is 6. The molecule has 1 aliphatic rings. The van der Waals surface area contributed by atoms with E-state index >= 15 is 0 Å². The Balaban J connectivity index is 1.56. The molecule has 9 heteroatoms.